The zero-order chi connectivity index (χ0) is 14.5. The first-order valence-electron chi connectivity index (χ1n) is 6.03. The van der Waals surface area contributed by atoms with Gasteiger partial charge in [-0.25, -0.2) is 4.39 Å². The number of ether oxygens (including phenoxy) is 1. The van der Waals surface area contributed by atoms with Crippen LogP contribution < -0.4 is 10.1 Å². The highest BCUT2D eigenvalue weighted by molar-refractivity contribution is 14.1. The average Bonchev–Trinajstić information content (AvgIpc) is 2.44. The van der Waals surface area contributed by atoms with Crippen LogP contribution in [0.1, 0.15) is 6.92 Å². The maximum absolute atomic E-state index is 12.8. The van der Waals surface area contributed by atoms with Crippen LogP contribution >= 0.6 is 22.6 Å². The molecule has 5 heteroatoms. The van der Waals surface area contributed by atoms with E-state index in [1.165, 1.54) is 24.3 Å². The predicted octanol–water partition coefficient (Wildman–Crippen LogP) is 3.84. The van der Waals surface area contributed by atoms with Gasteiger partial charge in [-0.05, 0) is 78.0 Å². The first kappa shape index (κ1) is 14.8. The minimum Gasteiger partial charge on any atom is -0.481 e. The Hall–Kier alpha value is -1.63. The number of carbonyl (C=O) groups is 1. The number of hydrogen-bond acceptors (Lipinski definition) is 2. The highest BCUT2D eigenvalue weighted by atomic mass is 127. The van der Waals surface area contributed by atoms with Crippen LogP contribution in [0.4, 0.5) is 10.1 Å². The second-order valence-corrected chi connectivity index (χ2v) is 5.46. The van der Waals surface area contributed by atoms with Crippen molar-refractivity contribution in [1.82, 2.24) is 0 Å². The van der Waals surface area contributed by atoms with E-state index in [1.807, 2.05) is 24.3 Å². The molecule has 0 aliphatic rings. The van der Waals surface area contributed by atoms with Gasteiger partial charge >= 0.3 is 0 Å². The van der Waals surface area contributed by atoms with Crippen LogP contribution in [0.3, 0.4) is 0 Å². The van der Waals surface area contributed by atoms with E-state index in [1.54, 1.807) is 6.92 Å². The van der Waals surface area contributed by atoms with E-state index in [4.69, 9.17) is 4.74 Å². The average molecular weight is 385 g/mol. The van der Waals surface area contributed by atoms with Gasteiger partial charge in [0.25, 0.3) is 5.91 Å². The third-order valence-corrected chi connectivity index (χ3v) is 3.33. The van der Waals surface area contributed by atoms with Crippen LogP contribution in [0.25, 0.3) is 0 Å². The molecule has 0 fully saturated rings. The van der Waals surface area contributed by atoms with Crippen molar-refractivity contribution in [2.24, 2.45) is 0 Å². The van der Waals surface area contributed by atoms with Gasteiger partial charge in [-0.3, -0.25) is 4.79 Å². The van der Waals surface area contributed by atoms with Crippen molar-refractivity contribution in [3.05, 3.63) is 57.9 Å². The summed E-state index contributed by atoms with van der Waals surface area (Å²) in [6.45, 7) is 1.66. The van der Waals surface area contributed by atoms with Gasteiger partial charge in [-0.1, -0.05) is 0 Å². The molecule has 0 saturated heterocycles. The lowest BCUT2D eigenvalue weighted by atomic mass is 10.3. The number of hydrogen-bond donors (Lipinski definition) is 1. The molecule has 1 amide bonds. The van der Waals surface area contributed by atoms with Crippen molar-refractivity contribution in [2.75, 3.05) is 5.32 Å². The number of halogens is 2. The lowest BCUT2D eigenvalue weighted by Crippen LogP contribution is -2.30. The molecule has 20 heavy (non-hydrogen) atoms. The molecular formula is C15H13FINO2. The van der Waals surface area contributed by atoms with Crippen LogP contribution in [0, 0.1) is 9.39 Å². The highest BCUT2D eigenvalue weighted by Crippen LogP contribution is 2.16. The number of benzene rings is 2. The van der Waals surface area contributed by atoms with Gasteiger partial charge in [0.15, 0.2) is 6.10 Å². The first-order chi connectivity index (χ1) is 9.54. The molecule has 1 unspecified atom stereocenters. The van der Waals surface area contributed by atoms with E-state index in [9.17, 15) is 9.18 Å². The fraction of sp³-hybridized carbons (Fsp3) is 0.133. The number of rotatable bonds is 4. The molecule has 0 heterocycles. The zero-order valence-electron chi connectivity index (χ0n) is 10.8. The third kappa shape index (κ3) is 4.19. The van der Waals surface area contributed by atoms with E-state index in [2.05, 4.69) is 27.9 Å². The summed E-state index contributed by atoms with van der Waals surface area (Å²) in [6, 6.07) is 13.0. The molecule has 0 aliphatic carbocycles. The molecule has 2 aromatic rings. The Balaban J connectivity index is 1.94. The molecule has 1 N–H and O–H groups in total. The maximum atomic E-state index is 12.8. The molecule has 0 aromatic heterocycles. The Bertz CT molecular complexity index is 584. The molecule has 0 saturated carbocycles. The molecule has 2 aromatic carbocycles. The number of amides is 1. The van der Waals surface area contributed by atoms with Gasteiger partial charge in [0.1, 0.15) is 11.6 Å². The van der Waals surface area contributed by atoms with Crippen molar-refractivity contribution >= 4 is 34.2 Å². The van der Waals surface area contributed by atoms with Crippen LogP contribution in [-0.2, 0) is 4.79 Å². The van der Waals surface area contributed by atoms with Gasteiger partial charge in [0.05, 0.1) is 0 Å². The summed E-state index contributed by atoms with van der Waals surface area (Å²) in [5, 5.41) is 2.67. The van der Waals surface area contributed by atoms with Crippen LogP contribution in [-0.4, -0.2) is 12.0 Å². The highest BCUT2D eigenvalue weighted by Gasteiger charge is 2.14. The van der Waals surface area contributed by atoms with Crippen molar-refractivity contribution in [3.8, 4) is 5.75 Å². The fourth-order valence-electron chi connectivity index (χ4n) is 1.55. The lowest BCUT2D eigenvalue weighted by Gasteiger charge is -2.14. The second-order valence-electron chi connectivity index (χ2n) is 4.21. The van der Waals surface area contributed by atoms with Crippen LogP contribution in [0.5, 0.6) is 5.75 Å². The normalized spacial score (nSPS) is 11.8. The first-order valence-corrected chi connectivity index (χ1v) is 7.11. The minimum absolute atomic E-state index is 0.282. The molecule has 1 atom stereocenters. The third-order valence-electron chi connectivity index (χ3n) is 2.61. The Morgan fingerprint density at radius 2 is 1.75 bits per heavy atom. The van der Waals surface area contributed by atoms with Crippen molar-refractivity contribution in [3.63, 3.8) is 0 Å². The summed E-state index contributed by atoms with van der Waals surface area (Å²) >= 11 is 2.20. The summed E-state index contributed by atoms with van der Waals surface area (Å²) in [5.41, 5.74) is 0.537. The molecule has 0 radical (unpaired) electrons. The summed E-state index contributed by atoms with van der Waals surface area (Å²) in [5.74, 6) is 0.00789. The summed E-state index contributed by atoms with van der Waals surface area (Å²) in [4.78, 5) is 11.9. The van der Waals surface area contributed by atoms with Crippen molar-refractivity contribution in [2.45, 2.75) is 13.0 Å². The SMILES string of the molecule is CC(Oc1ccc(I)cc1)C(=O)Nc1ccc(F)cc1. The lowest BCUT2D eigenvalue weighted by molar-refractivity contribution is -0.122. The van der Waals surface area contributed by atoms with Gasteiger partial charge in [0.2, 0.25) is 0 Å². The van der Waals surface area contributed by atoms with Crippen molar-refractivity contribution < 1.29 is 13.9 Å². The largest absolute Gasteiger partial charge is 0.481 e. The molecule has 0 aliphatic heterocycles. The Kier molecular flexibility index (Phi) is 4.94. The van der Waals surface area contributed by atoms with Crippen molar-refractivity contribution in [1.29, 1.82) is 0 Å². The molecule has 104 valence electrons. The van der Waals surface area contributed by atoms with Gasteiger partial charge in [0, 0.05) is 9.26 Å². The topological polar surface area (TPSA) is 38.3 Å². The Labute approximate surface area is 130 Å². The summed E-state index contributed by atoms with van der Waals surface area (Å²) in [6.07, 6.45) is -0.639. The van der Waals surface area contributed by atoms with E-state index in [0.717, 1.165) is 3.57 Å². The monoisotopic (exact) mass is 385 g/mol. The number of anilines is 1. The minimum atomic E-state index is -0.639. The molecule has 3 nitrogen and oxygen atoms in total. The van der Waals surface area contributed by atoms with Gasteiger partial charge < -0.3 is 10.1 Å². The zero-order valence-corrected chi connectivity index (χ0v) is 12.9. The van der Waals surface area contributed by atoms with Crippen LogP contribution in [0.15, 0.2) is 48.5 Å². The van der Waals surface area contributed by atoms with Gasteiger partial charge in [-0.15, -0.1) is 0 Å². The van der Waals surface area contributed by atoms with Gasteiger partial charge in [-0.2, -0.15) is 0 Å². The Morgan fingerprint density at radius 3 is 2.35 bits per heavy atom. The maximum Gasteiger partial charge on any atom is 0.265 e. The van der Waals surface area contributed by atoms with E-state index in [0.29, 0.717) is 11.4 Å². The quantitative estimate of drug-likeness (QED) is 0.813. The number of nitrogens with one attached hydrogen (secondary N) is 1. The summed E-state index contributed by atoms with van der Waals surface area (Å²) in [7, 11) is 0. The standard InChI is InChI=1S/C15H13FINO2/c1-10(20-14-8-4-12(17)5-9-14)15(19)18-13-6-2-11(16)3-7-13/h2-10H,1H3,(H,18,19). The predicted molar refractivity (Wildman–Crippen MR) is 84.3 cm³/mol. The molecule has 2 rings (SSSR count). The second kappa shape index (κ2) is 6.69. The van der Waals surface area contributed by atoms with E-state index in [-0.39, 0.29) is 11.7 Å². The summed E-state index contributed by atoms with van der Waals surface area (Å²) < 4.78 is 19.4. The van der Waals surface area contributed by atoms with E-state index >= 15 is 0 Å². The molecule has 0 bridgehead atoms. The van der Waals surface area contributed by atoms with E-state index < -0.39 is 6.10 Å². The number of carbonyl (C=O) groups excluding carboxylic acids is 1. The fourth-order valence-corrected chi connectivity index (χ4v) is 1.91. The Morgan fingerprint density at radius 1 is 1.15 bits per heavy atom. The van der Waals surface area contributed by atoms with Crippen LogP contribution in [0.2, 0.25) is 0 Å². The smallest absolute Gasteiger partial charge is 0.265 e. The molecule has 0 spiro atoms. The molecular weight excluding hydrogens is 372 g/mol.